The van der Waals surface area contributed by atoms with E-state index in [0.29, 0.717) is 22.8 Å². The SMILES string of the molecule is COc1ccc(C=CC(=O)c2c(C)nc3ccc(Br)cc3c2-c2ccccc2)cc1OC. The smallest absolute Gasteiger partial charge is 0.188 e. The molecule has 0 aliphatic heterocycles. The Morgan fingerprint density at radius 3 is 2.41 bits per heavy atom. The molecule has 4 rings (SSSR count). The van der Waals surface area contributed by atoms with Gasteiger partial charge in [0.15, 0.2) is 17.3 Å². The molecule has 0 saturated carbocycles. The highest BCUT2D eigenvalue weighted by atomic mass is 79.9. The lowest BCUT2D eigenvalue weighted by Gasteiger charge is -2.14. The average molecular weight is 488 g/mol. The number of fused-ring (bicyclic) bond motifs is 1. The van der Waals surface area contributed by atoms with Crippen molar-refractivity contribution in [1.82, 2.24) is 4.98 Å². The molecule has 0 spiro atoms. The van der Waals surface area contributed by atoms with E-state index in [1.807, 2.05) is 73.7 Å². The fraction of sp³-hybridized carbons (Fsp3) is 0.111. The van der Waals surface area contributed by atoms with Gasteiger partial charge in [0.1, 0.15) is 0 Å². The van der Waals surface area contributed by atoms with E-state index in [4.69, 9.17) is 14.5 Å². The first kappa shape index (κ1) is 21.8. The van der Waals surface area contributed by atoms with Crippen molar-refractivity contribution in [2.45, 2.75) is 6.92 Å². The Labute approximate surface area is 195 Å². The van der Waals surface area contributed by atoms with Crippen molar-refractivity contribution in [2.24, 2.45) is 0 Å². The molecule has 0 saturated heterocycles. The minimum Gasteiger partial charge on any atom is -0.493 e. The second-order valence-electron chi connectivity index (χ2n) is 7.29. The second kappa shape index (κ2) is 9.37. The number of pyridine rings is 1. The highest BCUT2D eigenvalue weighted by Crippen LogP contribution is 2.35. The Bertz CT molecular complexity index is 1330. The summed E-state index contributed by atoms with van der Waals surface area (Å²) in [6, 6.07) is 21.4. The van der Waals surface area contributed by atoms with Crippen molar-refractivity contribution in [3.63, 3.8) is 0 Å². The van der Waals surface area contributed by atoms with Gasteiger partial charge in [-0.1, -0.05) is 58.4 Å². The van der Waals surface area contributed by atoms with E-state index in [9.17, 15) is 4.79 Å². The van der Waals surface area contributed by atoms with Gasteiger partial charge in [0.2, 0.25) is 0 Å². The number of aromatic nitrogens is 1. The molecule has 0 N–H and O–H groups in total. The van der Waals surface area contributed by atoms with Crippen molar-refractivity contribution in [1.29, 1.82) is 0 Å². The average Bonchev–Trinajstić information content (AvgIpc) is 2.82. The molecule has 1 heterocycles. The van der Waals surface area contributed by atoms with E-state index in [1.165, 1.54) is 0 Å². The molecule has 4 aromatic rings. The number of hydrogen-bond acceptors (Lipinski definition) is 4. The van der Waals surface area contributed by atoms with Crippen LogP contribution in [0.3, 0.4) is 0 Å². The molecule has 0 atom stereocenters. The third-order valence-electron chi connectivity index (χ3n) is 5.27. The van der Waals surface area contributed by atoms with Gasteiger partial charge in [0, 0.05) is 21.1 Å². The number of benzene rings is 3. The van der Waals surface area contributed by atoms with Crippen LogP contribution in [-0.4, -0.2) is 25.0 Å². The molecule has 1 aromatic heterocycles. The van der Waals surface area contributed by atoms with Gasteiger partial charge >= 0.3 is 0 Å². The number of ketones is 1. The number of carbonyl (C=O) groups is 1. The van der Waals surface area contributed by atoms with Gasteiger partial charge in [0.25, 0.3) is 0 Å². The van der Waals surface area contributed by atoms with Crippen molar-refractivity contribution < 1.29 is 14.3 Å². The summed E-state index contributed by atoms with van der Waals surface area (Å²) < 4.78 is 11.6. The van der Waals surface area contributed by atoms with Crippen LogP contribution >= 0.6 is 15.9 Å². The predicted molar refractivity (Wildman–Crippen MR) is 133 cm³/mol. The fourth-order valence-corrected chi connectivity index (χ4v) is 4.14. The monoisotopic (exact) mass is 487 g/mol. The van der Waals surface area contributed by atoms with E-state index in [0.717, 1.165) is 32.1 Å². The zero-order chi connectivity index (χ0) is 22.7. The topological polar surface area (TPSA) is 48.4 Å². The van der Waals surface area contributed by atoms with Crippen LogP contribution in [0.2, 0.25) is 0 Å². The summed E-state index contributed by atoms with van der Waals surface area (Å²) in [6.45, 7) is 1.88. The Kier molecular flexibility index (Phi) is 6.37. The highest BCUT2D eigenvalue weighted by molar-refractivity contribution is 9.10. The second-order valence-corrected chi connectivity index (χ2v) is 8.20. The van der Waals surface area contributed by atoms with Crippen molar-refractivity contribution >= 4 is 38.7 Å². The minimum absolute atomic E-state index is 0.106. The van der Waals surface area contributed by atoms with Crippen LogP contribution in [0.5, 0.6) is 11.5 Å². The van der Waals surface area contributed by atoms with Gasteiger partial charge in [-0.25, -0.2) is 0 Å². The van der Waals surface area contributed by atoms with Crippen LogP contribution in [0.1, 0.15) is 21.6 Å². The summed E-state index contributed by atoms with van der Waals surface area (Å²) in [4.78, 5) is 18.2. The molecule has 0 fully saturated rings. The number of halogens is 1. The maximum atomic E-state index is 13.4. The molecule has 0 amide bonds. The molecule has 0 aliphatic rings. The molecule has 0 aliphatic carbocycles. The first-order valence-electron chi connectivity index (χ1n) is 10.1. The number of hydrogen-bond donors (Lipinski definition) is 0. The van der Waals surface area contributed by atoms with Gasteiger partial charge in [-0.05, 0) is 54.5 Å². The Hall–Kier alpha value is -3.44. The summed E-state index contributed by atoms with van der Waals surface area (Å²) in [6.07, 6.45) is 3.37. The first-order chi connectivity index (χ1) is 15.5. The Morgan fingerprint density at radius 1 is 0.938 bits per heavy atom. The third kappa shape index (κ3) is 4.30. The van der Waals surface area contributed by atoms with Gasteiger partial charge in [0.05, 0.1) is 25.3 Å². The third-order valence-corrected chi connectivity index (χ3v) is 5.76. The van der Waals surface area contributed by atoms with E-state index >= 15 is 0 Å². The van der Waals surface area contributed by atoms with Crippen LogP contribution in [-0.2, 0) is 0 Å². The summed E-state index contributed by atoms with van der Waals surface area (Å²) in [5.74, 6) is 1.15. The summed E-state index contributed by atoms with van der Waals surface area (Å²) in [7, 11) is 3.18. The first-order valence-corrected chi connectivity index (χ1v) is 10.9. The summed E-state index contributed by atoms with van der Waals surface area (Å²) in [5.41, 5.74) is 4.84. The normalized spacial score (nSPS) is 11.1. The molecule has 0 radical (unpaired) electrons. The lowest BCUT2D eigenvalue weighted by atomic mass is 9.92. The molecule has 0 unspecified atom stereocenters. The molecule has 160 valence electrons. The number of ether oxygens (including phenoxy) is 2. The van der Waals surface area contributed by atoms with Gasteiger partial charge < -0.3 is 9.47 Å². The van der Waals surface area contributed by atoms with Crippen LogP contribution < -0.4 is 9.47 Å². The molecular formula is C27H22BrNO3. The minimum atomic E-state index is -0.106. The maximum Gasteiger partial charge on any atom is 0.188 e. The van der Waals surface area contributed by atoms with Gasteiger partial charge in [-0.15, -0.1) is 0 Å². The summed E-state index contributed by atoms with van der Waals surface area (Å²) in [5, 5.41) is 0.930. The largest absolute Gasteiger partial charge is 0.493 e. The molecule has 5 heteroatoms. The number of aryl methyl sites for hydroxylation is 1. The lowest BCUT2D eigenvalue weighted by molar-refractivity contribution is 0.104. The molecule has 32 heavy (non-hydrogen) atoms. The highest BCUT2D eigenvalue weighted by Gasteiger charge is 2.19. The number of methoxy groups -OCH3 is 2. The predicted octanol–water partition coefficient (Wildman–Crippen LogP) is 6.89. The lowest BCUT2D eigenvalue weighted by Crippen LogP contribution is -2.05. The van der Waals surface area contributed by atoms with Crippen LogP contribution in [0.15, 0.2) is 77.3 Å². The molecule has 4 nitrogen and oxygen atoms in total. The van der Waals surface area contributed by atoms with E-state index in [2.05, 4.69) is 15.9 Å². The molecule has 0 bridgehead atoms. The van der Waals surface area contributed by atoms with E-state index in [1.54, 1.807) is 26.4 Å². The number of carbonyl (C=O) groups excluding carboxylic acids is 1. The fourth-order valence-electron chi connectivity index (χ4n) is 3.78. The standard InChI is InChI=1S/C27H22BrNO3/c1-17-26(23(30)13-9-18-10-14-24(31-2)25(15-18)32-3)27(19-7-5-4-6-8-19)21-16-20(28)11-12-22(21)29-17/h4-16H,1-3H3. The number of nitrogens with zero attached hydrogens (tertiary/aromatic N) is 1. The maximum absolute atomic E-state index is 13.4. The van der Waals surface area contributed by atoms with Crippen LogP contribution in [0.4, 0.5) is 0 Å². The van der Waals surface area contributed by atoms with Gasteiger partial charge in [-0.2, -0.15) is 0 Å². The van der Waals surface area contributed by atoms with Crippen LogP contribution in [0, 0.1) is 6.92 Å². The molecule has 3 aromatic carbocycles. The quantitative estimate of drug-likeness (QED) is 0.219. The molecular weight excluding hydrogens is 466 g/mol. The van der Waals surface area contributed by atoms with Crippen molar-refractivity contribution in [3.05, 3.63) is 94.1 Å². The van der Waals surface area contributed by atoms with Crippen molar-refractivity contribution in [3.8, 4) is 22.6 Å². The zero-order valence-electron chi connectivity index (χ0n) is 18.1. The van der Waals surface area contributed by atoms with Crippen LogP contribution in [0.25, 0.3) is 28.1 Å². The van der Waals surface area contributed by atoms with E-state index < -0.39 is 0 Å². The number of allylic oxidation sites excluding steroid dienone is 1. The van der Waals surface area contributed by atoms with Gasteiger partial charge in [-0.3, -0.25) is 9.78 Å². The number of rotatable bonds is 6. The summed E-state index contributed by atoms with van der Waals surface area (Å²) >= 11 is 3.56. The Balaban J connectivity index is 1.84. The van der Waals surface area contributed by atoms with Crippen molar-refractivity contribution in [2.75, 3.05) is 14.2 Å². The zero-order valence-corrected chi connectivity index (χ0v) is 19.6. The Morgan fingerprint density at radius 2 is 1.69 bits per heavy atom. The van der Waals surface area contributed by atoms with E-state index in [-0.39, 0.29) is 5.78 Å².